The second kappa shape index (κ2) is 5.21. The van der Waals surface area contributed by atoms with Gasteiger partial charge in [0.05, 0.1) is 10.5 Å². The number of aromatic nitrogens is 1. The number of pyridine rings is 1. The van der Waals surface area contributed by atoms with Crippen molar-refractivity contribution >= 4 is 22.5 Å². The molecule has 1 aromatic carbocycles. The van der Waals surface area contributed by atoms with E-state index in [4.69, 9.17) is 17.3 Å². The van der Waals surface area contributed by atoms with Crippen LogP contribution in [0.3, 0.4) is 0 Å². The Kier molecular flexibility index (Phi) is 3.83. The van der Waals surface area contributed by atoms with Crippen molar-refractivity contribution in [2.75, 3.05) is 6.54 Å². The molecule has 18 heavy (non-hydrogen) atoms. The van der Waals surface area contributed by atoms with Gasteiger partial charge in [0.2, 0.25) is 0 Å². The molecule has 1 aromatic heterocycles. The Morgan fingerprint density at radius 3 is 2.78 bits per heavy atom. The normalized spacial score (nSPS) is 12.9. The summed E-state index contributed by atoms with van der Waals surface area (Å²) in [4.78, 5) is 4.47. The van der Waals surface area contributed by atoms with Gasteiger partial charge in [0.15, 0.2) is 0 Å². The van der Waals surface area contributed by atoms with Crippen LogP contribution in [0.25, 0.3) is 10.9 Å². The largest absolute Gasteiger partial charge is 0.330 e. The van der Waals surface area contributed by atoms with Crippen LogP contribution in [0.2, 0.25) is 5.02 Å². The minimum absolute atomic E-state index is 0.283. The molecule has 0 aliphatic heterocycles. The van der Waals surface area contributed by atoms with E-state index in [1.54, 1.807) is 6.07 Å². The smallest absolute Gasteiger partial charge is 0.124 e. The summed E-state index contributed by atoms with van der Waals surface area (Å²) < 4.78 is 13.6. The number of halogens is 2. The van der Waals surface area contributed by atoms with E-state index in [0.29, 0.717) is 23.4 Å². The monoisotopic (exact) mass is 266 g/mol. The maximum atomic E-state index is 13.6. The van der Waals surface area contributed by atoms with Crippen molar-refractivity contribution in [2.45, 2.75) is 20.3 Å². The van der Waals surface area contributed by atoms with Gasteiger partial charge in [0.1, 0.15) is 5.82 Å². The van der Waals surface area contributed by atoms with E-state index < -0.39 is 0 Å². The SMILES string of the molecule is Cc1cc(Cl)c2cc(F)cc(CC(C)CN)c2n1. The topological polar surface area (TPSA) is 38.9 Å². The summed E-state index contributed by atoms with van der Waals surface area (Å²) in [7, 11) is 0. The molecular formula is C14H16ClFN2. The lowest BCUT2D eigenvalue weighted by atomic mass is 9.98. The number of aryl methyl sites for hydroxylation is 1. The summed E-state index contributed by atoms with van der Waals surface area (Å²) in [5.41, 5.74) is 8.10. The highest BCUT2D eigenvalue weighted by Crippen LogP contribution is 2.28. The molecule has 2 rings (SSSR count). The molecule has 2 N–H and O–H groups in total. The van der Waals surface area contributed by atoms with Crippen LogP contribution in [-0.4, -0.2) is 11.5 Å². The Balaban J connectivity index is 2.64. The molecule has 0 radical (unpaired) electrons. The van der Waals surface area contributed by atoms with Crippen molar-refractivity contribution in [3.05, 3.63) is 40.3 Å². The minimum atomic E-state index is -0.283. The number of fused-ring (bicyclic) bond motifs is 1. The Morgan fingerprint density at radius 1 is 1.39 bits per heavy atom. The van der Waals surface area contributed by atoms with Crippen LogP contribution >= 0.6 is 11.6 Å². The van der Waals surface area contributed by atoms with Crippen molar-refractivity contribution in [3.63, 3.8) is 0 Å². The van der Waals surface area contributed by atoms with Gasteiger partial charge in [-0.1, -0.05) is 18.5 Å². The number of rotatable bonds is 3. The van der Waals surface area contributed by atoms with Crippen molar-refractivity contribution in [1.29, 1.82) is 0 Å². The van der Waals surface area contributed by atoms with E-state index in [9.17, 15) is 4.39 Å². The first-order valence-electron chi connectivity index (χ1n) is 5.96. The van der Waals surface area contributed by atoms with Crippen molar-refractivity contribution in [1.82, 2.24) is 4.98 Å². The first-order chi connectivity index (χ1) is 8.51. The third-order valence-corrected chi connectivity index (χ3v) is 3.32. The number of hydrogen-bond donors (Lipinski definition) is 1. The second-order valence-electron chi connectivity index (χ2n) is 4.75. The van der Waals surface area contributed by atoms with Gasteiger partial charge in [-0.3, -0.25) is 4.98 Å². The molecule has 96 valence electrons. The zero-order valence-electron chi connectivity index (χ0n) is 10.5. The van der Waals surface area contributed by atoms with E-state index in [1.807, 2.05) is 13.8 Å². The van der Waals surface area contributed by atoms with Crippen LogP contribution in [0.15, 0.2) is 18.2 Å². The average Bonchev–Trinajstić information content (AvgIpc) is 2.30. The Hall–Kier alpha value is -1.19. The van der Waals surface area contributed by atoms with Crippen LogP contribution in [0.4, 0.5) is 4.39 Å². The van der Waals surface area contributed by atoms with Crippen molar-refractivity contribution in [2.24, 2.45) is 11.7 Å². The minimum Gasteiger partial charge on any atom is -0.330 e. The van der Waals surface area contributed by atoms with E-state index >= 15 is 0 Å². The van der Waals surface area contributed by atoms with Gasteiger partial charge < -0.3 is 5.73 Å². The standard InChI is InChI=1S/C14H16ClFN2/c1-8(7-17)3-10-5-11(16)6-12-13(15)4-9(2)18-14(10)12/h4-6,8H,3,7,17H2,1-2H3. The van der Waals surface area contributed by atoms with E-state index in [0.717, 1.165) is 16.8 Å². The van der Waals surface area contributed by atoms with Crippen LogP contribution in [0, 0.1) is 18.7 Å². The summed E-state index contributed by atoms with van der Waals surface area (Å²) in [5, 5.41) is 1.21. The van der Waals surface area contributed by atoms with Crippen LogP contribution in [0.5, 0.6) is 0 Å². The Labute approximate surface area is 111 Å². The molecule has 0 fully saturated rings. The molecule has 2 aromatic rings. The molecule has 1 atom stereocenters. The van der Waals surface area contributed by atoms with E-state index in [2.05, 4.69) is 4.98 Å². The van der Waals surface area contributed by atoms with Gasteiger partial charge in [-0.05, 0) is 49.6 Å². The van der Waals surface area contributed by atoms with Crippen LogP contribution < -0.4 is 5.73 Å². The molecule has 0 spiro atoms. The van der Waals surface area contributed by atoms with E-state index in [1.165, 1.54) is 12.1 Å². The van der Waals surface area contributed by atoms with Crippen molar-refractivity contribution < 1.29 is 4.39 Å². The van der Waals surface area contributed by atoms with Crippen molar-refractivity contribution in [3.8, 4) is 0 Å². The first-order valence-corrected chi connectivity index (χ1v) is 6.34. The molecule has 1 unspecified atom stereocenters. The number of nitrogens with zero attached hydrogens (tertiary/aromatic N) is 1. The average molecular weight is 267 g/mol. The molecule has 0 saturated heterocycles. The molecule has 0 aliphatic carbocycles. The first kappa shape index (κ1) is 13.2. The predicted octanol–water partition coefficient (Wildman–Crippen LogP) is 3.47. The quantitative estimate of drug-likeness (QED) is 0.924. The summed E-state index contributed by atoms with van der Waals surface area (Å²) >= 11 is 6.15. The fraction of sp³-hybridized carbons (Fsp3) is 0.357. The highest BCUT2D eigenvalue weighted by molar-refractivity contribution is 6.35. The summed E-state index contributed by atoms with van der Waals surface area (Å²) in [6.07, 6.45) is 0.706. The molecule has 0 saturated carbocycles. The third kappa shape index (κ3) is 2.62. The highest BCUT2D eigenvalue weighted by atomic mass is 35.5. The lowest BCUT2D eigenvalue weighted by Gasteiger charge is -2.12. The van der Waals surface area contributed by atoms with Gasteiger partial charge >= 0.3 is 0 Å². The van der Waals surface area contributed by atoms with Gasteiger partial charge in [-0.15, -0.1) is 0 Å². The second-order valence-corrected chi connectivity index (χ2v) is 5.16. The number of hydrogen-bond acceptors (Lipinski definition) is 2. The van der Waals surface area contributed by atoms with Crippen LogP contribution in [-0.2, 0) is 6.42 Å². The van der Waals surface area contributed by atoms with Gasteiger partial charge in [0, 0.05) is 11.1 Å². The number of benzene rings is 1. The summed E-state index contributed by atoms with van der Waals surface area (Å²) in [6.45, 7) is 4.48. The number of nitrogens with two attached hydrogens (primary N) is 1. The maximum Gasteiger partial charge on any atom is 0.124 e. The predicted molar refractivity (Wildman–Crippen MR) is 73.4 cm³/mol. The Bertz CT molecular complexity index is 584. The van der Waals surface area contributed by atoms with Gasteiger partial charge in [0.25, 0.3) is 0 Å². The highest BCUT2D eigenvalue weighted by Gasteiger charge is 2.11. The lowest BCUT2D eigenvalue weighted by molar-refractivity contribution is 0.586. The molecular weight excluding hydrogens is 251 g/mol. The summed E-state index contributed by atoms with van der Waals surface area (Å²) in [5.74, 6) is 0.00497. The molecule has 2 nitrogen and oxygen atoms in total. The molecule has 0 amide bonds. The maximum absolute atomic E-state index is 13.6. The molecule has 0 aliphatic rings. The fourth-order valence-electron chi connectivity index (χ4n) is 2.05. The molecule has 0 bridgehead atoms. The van der Waals surface area contributed by atoms with Gasteiger partial charge in [-0.2, -0.15) is 0 Å². The zero-order valence-corrected chi connectivity index (χ0v) is 11.3. The van der Waals surface area contributed by atoms with Crippen LogP contribution in [0.1, 0.15) is 18.2 Å². The third-order valence-electron chi connectivity index (χ3n) is 3.01. The molecule has 1 heterocycles. The fourth-order valence-corrected chi connectivity index (χ4v) is 2.36. The van der Waals surface area contributed by atoms with E-state index in [-0.39, 0.29) is 11.7 Å². The van der Waals surface area contributed by atoms with Gasteiger partial charge in [-0.25, -0.2) is 4.39 Å². The molecule has 4 heteroatoms. The summed E-state index contributed by atoms with van der Waals surface area (Å²) in [6, 6.07) is 4.71. The lowest BCUT2D eigenvalue weighted by Crippen LogP contribution is -2.13. The Morgan fingerprint density at radius 2 is 2.11 bits per heavy atom. The zero-order chi connectivity index (χ0) is 13.3.